The van der Waals surface area contributed by atoms with Crippen LogP contribution in [-0.4, -0.2) is 33.2 Å². The van der Waals surface area contributed by atoms with E-state index in [0.717, 1.165) is 51.9 Å². The van der Waals surface area contributed by atoms with Crippen LogP contribution in [0.5, 0.6) is 0 Å². The van der Waals surface area contributed by atoms with E-state index in [2.05, 4.69) is 5.38 Å². The molecule has 0 radical (unpaired) electrons. The molecule has 154 valence electrons. The number of aryl methyl sites for hydroxylation is 2. The summed E-state index contributed by atoms with van der Waals surface area (Å²) in [5.41, 5.74) is 2.24. The molecule has 0 aliphatic heterocycles. The minimum absolute atomic E-state index is 0.0482. The zero-order valence-electron chi connectivity index (χ0n) is 16.9. The van der Waals surface area contributed by atoms with Gasteiger partial charge in [0.1, 0.15) is 4.83 Å². The van der Waals surface area contributed by atoms with Crippen molar-refractivity contribution >= 4 is 50.6 Å². The second-order valence-corrected chi connectivity index (χ2v) is 10.6. The lowest BCUT2D eigenvalue weighted by atomic mass is 10.2. The summed E-state index contributed by atoms with van der Waals surface area (Å²) in [5.74, 6) is 0.335. The Hall–Kier alpha value is -1.64. The molecule has 5 nitrogen and oxygen atoms in total. The van der Waals surface area contributed by atoms with Crippen LogP contribution in [0, 0.1) is 13.8 Å². The van der Waals surface area contributed by atoms with Crippen LogP contribution >= 0.6 is 34.4 Å². The molecule has 0 N–H and O–H groups in total. The van der Waals surface area contributed by atoms with Gasteiger partial charge in [-0.3, -0.25) is 14.2 Å². The van der Waals surface area contributed by atoms with E-state index in [0.29, 0.717) is 11.7 Å². The Morgan fingerprint density at radius 2 is 2.10 bits per heavy atom. The molecule has 0 spiro atoms. The van der Waals surface area contributed by atoms with Crippen LogP contribution in [0.15, 0.2) is 26.8 Å². The predicted molar refractivity (Wildman–Crippen MR) is 122 cm³/mol. The van der Waals surface area contributed by atoms with Crippen LogP contribution in [0.2, 0.25) is 0 Å². The number of carbonyl (C=O) groups is 1. The quantitative estimate of drug-likeness (QED) is 0.394. The van der Waals surface area contributed by atoms with E-state index in [1.165, 1.54) is 11.8 Å². The topological polar surface area (TPSA) is 55.2 Å². The molecule has 0 bridgehead atoms. The molecular formula is C21H25N3O2S3. The molecule has 1 aliphatic rings. The van der Waals surface area contributed by atoms with Crippen LogP contribution < -0.4 is 5.56 Å². The third-order valence-corrected chi connectivity index (χ3v) is 8.41. The standard InChI is InChI=1S/C21H25N3O2S3/c1-13-14(2)29-19-18(13)20(26)24(16-6-4-5-7-16)21(22-19)28-12-17(25)23(3)10-15-8-9-27-11-15/h8-9,11,16H,4-7,10,12H2,1-3H3. The molecule has 0 atom stereocenters. The number of carbonyl (C=O) groups excluding carboxylic acids is 1. The second-order valence-electron chi connectivity index (χ2n) is 7.64. The third kappa shape index (κ3) is 4.15. The molecule has 0 saturated heterocycles. The molecule has 1 aliphatic carbocycles. The van der Waals surface area contributed by atoms with Crippen molar-refractivity contribution in [1.29, 1.82) is 0 Å². The van der Waals surface area contributed by atoms with Crippen molar-refractivity contribution in [2.75, 3.05) is 12.8 Å². The van der Waals surface area contributed by atoms with Crippen molar-refractivity contribution in [2.24, 2.45) is 0 Å². The molecule has 1 saturated carbocycles. The highest BCUT2D eigenvalue weighted by atomic mass is 32.2. The van der Waals surface area contributed by atoms with Crippen LogP contribution in [0.3, 0.4) is 0 Å². The maximum absolute atomic E-state index is 13.4. The summed E-state index contributed by atoms with van der Waals surface area (Å²) in [6.07, 6.45) is 4.30. The van der Waals surface area contributed by atoms with Gasteiger partial charge in [0.2, 0.25) is 5.91 Å². The largest absolute Gasteiger partial charge is 0.341 e. The Morgan fingerprint density at radius 1 is 1.34 bits per heavy atom. The fraction of sp³-hybridized carbons (Fsp3) is 0.476. The molecule has 3 aromatic heterocycles. The summed E-state index contributed by atoms with van der Waals surface area (Å²) in [6, 6.07) is 2.23. The van der Waals surface area contributed by atoms with Crippen molar-refractivity contribution in [1.82, 2.24) is 14.5 Å². The number of amides is 1. The number of thioether (sulfide) groups is 1. The van der Waals surface area contributed by atoms with Gasteiger partial charge in [-0.1, -0.05) is 24.6 Å². The first kappa shape index (κ1) is 20.6. The van der Waals surface area contributed by atoms with Crippen molar-refractivity contribution in [3.63, 3.8) is 0 Å². The molecule has 3 heterocycles. The second kappa shape index (κ2) is 8.62. The Balaban J connectivity index is 1.61. The minimum Gasteiger partial charge on any atom is -0.341 e. The number of hydrogen-bond donors (Lipinski definition) is 0. The summed E-state index contributed by atoms with van der Waals surface area (Å²) in [6.45, 7) is 4.65. The maximum Gasteiger partial charge on any atom is 0.263 e. The summed E-state index contributed by atoms with van der Waals surface area (Å²) in [5, 5.41) is 5.52. The van der Waals surface area contributed by atoms with Crippen molar-refractivity contribution in [3.8, 4) is 0 Å². The van der Waals surface area contributed by atoms with Crippen molar-refractivity contribution < 1.29 is 4.79 Å². The normalized spacial score (nSPS) is 14.7. The van der Waals surface area contributed by atoms with Gasteiger partial charge in [0.15, 0.2) is 5.16 Å². The Morgan fingerprint density at radius 3 is 2.79 bits per heavy atom. The summed E-state index contributed by atoms with van der Waals surface area (Å²) < 4.78 is 1.88. The minimum atomic E-state index is 0.0482. The van der Waals surface area contributed by atoms with Gasteiger partial charge in [0.05, 0.1) is 11.1 Å². The Labute approximate surface area is 182 Å². The SMILES string of the molecule is Cc1sc2nc(SCC(=O)N(C)Cc3ccsc3)n(C3CCCC3)c(=O)c2c1C. The van der Waals surface area contributed by atoms with Gasteiger partial charge >= 0.3 is 0 Å². The third-order valence-electron chi connectivity index (χ3n) is 5.64. The van der Waals surface area contributed by atoms with E-state index in [-0.39, 0.29) is 23.3 Å². The molecule has 1 fully saturated rings. The van der Waals surface area contributed by atoms with E-state index in [1.54, 1.807) is 27.6 Å². The van der Waals surface area contributed by atoms with Gasteiger partial charge in [-0.15, -0.1) is 11.3 Å². The molecule has 3 aromatic rings. The fourth-order valence-corrected chi connectivity index (χ4v) is 6.59. The van der Waals surface area contributed by atoms with Gasteiger partial charge in [-0.2, -0.15) is 11.3 Å². The van der Waals surface area contributed by atoms with E-state index < -0.39 is 0 Å². The lowest BCUT2D eigenvalue weighted by Crippen LogP contribution is -2.29. The zero-order valence-corrected chi connectivity index (χ0v) is 19.4. The van der Waals surface area contributed by atoms with Gasteiger partial charge in [0.25, 0.3) is 5.56 Å². The zero-order chi connectivity index (χ0) is 20.5. The summed E-state index contributed by atoms with van der Waals surface area (Å²) in [4.78, 5) is 34.6. The molecule has 1 amide bonds. The van der Waals surface area contributed by atoms with E-state index in [9.17, 15) is 9.59 Å². The molecule has 8 heteroatoms. The van der Waals surface area contributed by atoms with Crippen molar-refractivity contribution in [2.45, 2.75) is 57.3 Å². The lowest BCUT2D eigenvalue weighted by Gasteiger charge is -2.19. The smallest absolute Gasteiger partial charge is 0.263 e. The average molecular weight is 448 g/mol. The van der Waals surface area contributed by atoms with Crippen LogP contribution in [-0.2, 0) is 11.3 Å². The fourth-order valence-electron chi connectivity index (χ4n) is 3.86. The highest BCUT2D eigenvalue weighted by Gasteiger charge is 2.25. The number of thiophene rings is 2. The first-order valence-corrected chi connectivity index (χ1v) is 12.6. The van der Waals surface area contributed by atoms with Crippen molar-refractivity contribution in [3.05, 3.63) is 43.2 Å². The molecule has 4 rings (SSSR count). The lowest BCUT2D eigenvalue weighted by molar-refractivity contribution is -0.127. The van der Waals surface area contributed by atoms with E-state index in [1.807, 2.05) is 36.9 Å². The van der Waals surface area contributed by atoms with Gasteiger partial charge in [-0.05, 0) is 54.6 Å². The summed E-state index contributed by atoms with van der Waals surface area (Å²) in [7, 11) is 1.83. The van der Waals surface area contributed by atoms with Crippen LogP contribution in [0.25, 0.3) is 10.2 Å². The number of rotatable bonds is 6. The highest BCUT2D eigenvalue weighted by molar-refractivity contribution is 7.99. The monoisotopic (exact) mass is 447 g/mol. The van der Waals surface area contributed by atoms with E-state index >= 15 is 0 Å². The van der Waals surface area contributed by atoms with Gasteiger partial charge in [0, 0.05) is 24.5 Å². The number of aromatic nitrogens is 2. The van der Waals surface area contributed by atoms with Crippen LogP contribution in [0.1, 0.15) is 47.7 Å². The average Bonchev–Trinajstić information content (AvgIpc) is 3.43. The molecular weight excluding hydrogens is 422 g/mol. The van der Waals surface area contributed by atoms with Gasteiger partial charge in [-0.25, -0.2) is 4.98 Å². The maximum atomic E-state index is 13.4. The number of nitrogens with zero attached hydrogens (tertiary/aromatic N) is 3. The molecule has 29 heavy (non-hydrogen) atoms. The highest BCUT2D eigenvalue weighted by Crippen LogP contribution is 2.34. The first-order valence-electron chi connectivity index (χ1n) is 9.85. The Bertz CT molecular complexity index is 1080. The van der Waals surface area contributed by atoms with Crippen LogP contribution in [0.4, 0.5) is 0 Å². The molecule has 0 aromatic carbocycles. The first-order chi connectivity index (χ1) is 14.0. The van der Waals surface area contributed by atoms with Gasteiger partial charge < -0.3 is 4.90 Å². The number of hydrogen-bond acceptors (Lipinski definition) is 6. The summed E-state index contributed by atoms with van der Waals surface area (Å²) >= 11 is 4.60. The Kier molecular flexibility index (Phi) is 6.13. The molecule has 0 unspecified atom stereocenters. The van der Waals surface area contributed by atoms with E-state index in [4.69, 9.17) is 4.98 Å². The predicted octanol–water partition coefficient (Wildman–Crippen LogP) is 5.00. The number of fused-ring (bicyclic) bond motifs is 1.